The van der Waals surface area contributed by atoms with Crippen LogP contribution >= 0.6 is 27.5 Å². The molecule has 0 radical (unpaired) electrons. The maximum absolute atomic E-state index is 13.3. The number of rotatable bonds is 4. The van der Waals surface area contributed by atoms with Gasteiger partial charge in [0.05, 0.1) is 18.4 Å². The maximum Gasteiger partial charge on any atom is 0.282 e. The van der Waals surface area contributed by atoms with Crippen molar-refractivity contribution < 1.29 is 9.53 Å². The minimum absolute atomic E-state index is 0.212. The average Bonchev–Trinajstić information content (AvgIpc) is 3.06. The molecule has 1 aliphatic heterocycles. The van der Waals surface area contributed by atoms with Crippen LogP contribution in [0.2, 0.25) is 5.02 Å². The molecule has 1 amide bonds. The molecule has 4 rings (SSSR count). The first kappa shape index (κ1) is 19.4. The smallest absolute Gasteiger partial charge is 0.282 e. The summed E-state index contributed by atoms with van der Waals surface area (Å²) in [5.74, 6) is 0.942. The van der Waals surface area contributed by atoms with Crippen LogP contribution in [0.1, 0.15) is 11.1 Å². The summed E-state index contributed by atoms with van der Waals surface area (Å²) in [6.45, 7) is 0. The number of amides is 1. The molecule has 0 bridgehead atoms. The summed E-state index contributed by atoms with van der Waals surface area (Å²) in [6, 6.07) is 22.3. The van der Waals surface area contributed by atoms with Crippen molar-refractivity contribution in [1.82, 2.24) is 0 Å². The Bertz CT molecular complexity index is 1120. The molecule has 144 valence electrons. The molecule has 3 aromatic carbocycles. The SMILES string of the molecule is COc1ccccc1C1=N/C(=C/c2ccc(Br)cc2)C(=O)N1c1ccc(Cl)cc1. The summed E-state index contributed by atoms with van der Waals surface area (Å²) in [5, 5.41) is 0.599. The van der Waals surface area contributed by atoms with Crippen LogP contribution < -0.4 is 9.64 Å². The van der Waals surface area contributed by atoms with Gasteiger partial charge in [-0.05, 0) is 60.2 Å². The minimum Gasteiger partial charge on any atom is -0.496 e. The fourth-order valence-corrected chi connectivity index (χ4v) is 3.46. The molecule has 0 saturated carbocycles. The second-order valence-electron chi connectivity index (χ2n) is 6.33. The summed E-state index contributed by atoms with van der Waals surface area (Å²) >= 11 is 9.46. The van der Waals surface area contributed by atoms with Crippen molar-refractivity contribution in [3.63, 3.8) is 0 Å². The van der Waals surface area contributed by atoms with Crippen molar-refractivity contribution in [2.24, 2.45) is 4.99 Å². The highest BCUT2D eigenvalue weighted by molar-refractivity contribution is 9.10. The first-order valence-corrected chi connectivity index (χ1v) is 10.0. The minimum atomic E-state index is -0.212. The van der Waals surface area contributed by atoms with Gasteiger partial charge in [-0.1, -0.05) is 51.8 Å². The molecule has 3 aromatic rings. The summed E-state index contributed by atoms with van der Waals surface area (Å²) in [7, 11) is 1.60. The van der Waals surface area contributed by atoms with Crippen LogP contribution in [0.5, 0.6) is 5.75 Å². The third-order valence-corrected chi connectivity index (χ3v) is 5.25. The molecular weight excluding hydrogens is 452 g/mol. The van der Waals surface area contributed by atoms with Gasteiger partial charge < -0.3 is 4.74 Å². The van der Waals surface area contributed by atoms with E-state index in [2.05, 4.69) is 20.9 Å². The van der Waals surface area contributed by atoms with E-state index in [1.54, 1.807) is 42.4 Å². The summed E-state index contributed by atoms with van der Waals surface area (Å²) < 4.78 is 6.47. The van der Waals surface area contributed by atoms with E-state index in [-0.39, 0.29) is 5.91 Å². The van der Waals surface area contributed by atoms with Crippen LogP contribution in [0.25, 0.3) is 6.08 Å². The Morgan fingerprint density at radius 1 is 1.00 bits per heavy atom. The summed E-state index contributed by atoms with van der Waals surface area (Å²) in [6.07, 6.45) is 1.78. The number of para-hydroxylation sites is 1. The molecule has 1 aliphatic rings. The number of ether oxygens (including phenoxy) is 1. The number of amidine groups is 1. The van der Waals surface area contributed by atoms with Crippen molar-refractivity contribution in [1.29, 1.82) is 0 Å². The van der Waals surface area contributed by atoms with Crippen LogP contribution in [0.3, 0.4) is 0 Å². The van der Waals surface area contributed by atoms with Gasteiger partial charge in [0.25, 0.3) is 5.91 Å². The van der Waals surface area contributed by atoms with Crippen molar-refractivity contribution in [2.75, 3.05) is 12.0 Å². The highest BCUT2D eigenvalue weighted by Gasteiger charge is 2.33. The Hall–Kier alpha value is -2.89. The molecule has 0 saturated heterocycles. The lowest BCUT2D eigenvalue weighted by molar-refractivity contribution is -0.113. The number of aliphatic imine (C=N–C) groups is 1. The second kappa shape index (κ2) is 8.23. The van der Waals surface area contributed by atoms with Gasteiger partial charge in [0.1, 0.15) is 11.4 Å². The number of hydrogen-bond acceptors (Lipinski definition) is 3. The number of anilines is 1. The van der Waals surface area contributed by atoms with Gasteiger partial charge in [-0.2, -0.15) is 0 Å². The predicted molar refractivity (Wildman–Crippen MR) is 121 cm³/mol. The normalized spacial score (nSPS) is 15.0. The van der Waals surface area contributed by atoms with E-state index < -0.39 is 0 Å². The third-order valence-electron chi connectivity index (χ3n) is 4.47. The zero-order valence-corrected chi connectivity index (χ0v) is 17.8. The van der Waals surface area contributed by atoms with Gasteiger partial charge in [-0.25, -0.2) is 4.99 Å². The van der Waals surface area contributed by atoms with Crippen molar-refractivity contribution in [3.05, 3.63) is 99.1 Å². The van der Waals surface area contributed by atoms with Crippen LogP contribution in [0.4, 0.5) is 5.69 Å². The molecule has 1 heterocycles. The largest absolute Gasteiger partial charge is 0.496 e. The van der Waals surface area contributed by atoms with E-state index in [0.717, 1.165) is 15.6 Å². The number of halogens is 2. The Morgan fingerprint density at radius 3 is 2.38 bits per heavy atom. The zero-order valence-electron chi connectivity index (χ0n) is 15.5. The lowest BCUT2D eigenvalue weighted by Crippen LogP contribution is -2.32. The van der Waals surface area contributed by atoms with E-state index in [1.807, 2.05) is 48.5 Å². The number of methoxy groups -OCH3 is 1. The Kier molecular flexibility index (Phi) is 5.51. The fraction of sp³-hybridized carbons (Fsp3) is 0.0435. The summed E-state index contributed by atoms with van der Waals surface area (Å²) in [4.78, 5) is 19.6. The summed E-state index contributed by atoms with van der Waals surface area (Å²) in [5.41, 5.74) is 2.65. The zero-order chi connectivity index (χ0) is 20.4. The van der Waals surface area contributed by atoms with Crippen LogP contribution in [-0.2, 0) is 4.79 Å². The van der Waals surface area contributed by atoms with Crippen LogP contribution in [-0.4, -0.2) is 18.9 Å². The second-order valence-corrected chi connectivity index (χ2v) is 7.69. The quantitative estimate of drug-likeness (QED) is 0.445. The average molecular weight is 468 g/mol. The molecule has 0 N–H and O–H groups in total. The molecule has 29 heavy (non-hydrogen) atoms. The van der Waals surface area contributed by atoms with Crippen molar-refractivity contribution in [2.45, 2.75) is 0 Å². The highest BCUT2D eigenvalue weighted by Crippen LogP contribution is 2.31. The molecule has 4 nitrogen and oxygen atoms in total. The fourth-order valence-electron chi connectivity index (χ4n) is 3.07. The van der Waals surface area contributed by atoms with E-state index in [1.165, 1.54) is 0 Å². The Balaban J connectivity index is 1.85. The first-order chi connectivity index (χ1) is 14.1. The molecule has 0 atom stereocenters. The lowest BCUT2D eigenvalue weighted by atomic mass is 10.1. The standard InChI is InChI=1S/C23H16BrClN2O2/c1-29-21-5-3-2-4-19(21)22-26-20(14-15-6-8-16(24)9-7-15)23(28)27(22)18-12-10-17(25)11-13-18/h2-14H,1H3/b20-14+. The Morgan fingerprint density at radius 2 is 1.69 bits per heavy atom. The first-order valence-electron chi connectivity index (χ1n) is 8.86. The molecule has 0 spiro atoms. The number of benzene rings is 3. The molecule has 0 aliphatic carbocycles. The van der Waals surface area contributed by atoms with Crippen LogP contribution in [0, 0.1) is 0 Å². The van der Waals surface area contributed by atoms with Gasteiger partial charge >= 0.3 is 0 Å². The van der Waals surface area contributed by atoms with E-state index >= 15 is 0 Å². The predicted octanol–water partition coefficient (Wildman–Crippen LogP) is 5.95. The van der Waals surface area contributed by atoms with Crippen LogP contribution in [0.15, 0.2) is 88.0 Å². The molecule has 0 fully saturated rings. The maximum atomic E-state index is 13.3. The molecule has 0 unspecified atom stereocenters. The lowest BCUT2D eigenvalue weighted by Gasteiger charge is -2.20. The van der Waals surface area contributed by atoms with Gasteiger partial charge in [0.15, 0.2) is 5.84 Å². The molecule has 0 aromatic heterocycles. The van der Waals surface area contributed by atoms with Gasteiger partial charge in [-0.3, -0.25) is 9.69 Å². The van der Waals surface area contributed by atoms with Gasteiger partial charge in [0, 0.05) is 9.50 Å². The van der Waals surface area contributed by atoms with Gasteiger partial charge in [-0.15, -0.1) is 0 Å². The van der Waals surface area contributed by atoms with Crippen molar-refractivity contribution in [3.8, 4) is 5.75 Å². The number of carbonyl (C=O) groups is 1. The highest BCUT2D eigenvalue weighted by atomic mass is 79.9. The van der Waals surface area contributed by atoms with Gasteiger partial charge in [0.2, 0.25) is 0 Å². The third kappa shape index (κ3) is 3.97. The number of hydrogen-bond donors (Lipinski definition) is 0. The molecule has 6 heteroatoms. The van der Waals surface area contributed by atoms with E-state index in [9.17, 15) is 4.79 Å². The number of carbonyl (C=O) groups excluding carboxylic acids is 1. The van der Waals surface area contributed by atoms with E-state index in [0.29, 0.717) is 28.0 Å². The van der Waals surface area contributed by atoms with E-state index in [4.69, 9.17) is 16.3 Å². The molecular formula is C23H16BrClN2O2. The topological polar surface area (TPSA) is 41.9 Å². The Labute approximate surface area is 182 Å². The van der Waals surface area contributed by atoms with Crippen molar-refractivity contribution >= 4 is 51.0 Å². The monoisotopic (exact) mass is 466 g/mol. The number of nitrogens with zero attached hydrogens (tertiary/aromatic N) is 2.